The molecule has 2 heterocycles. The van der Waals surface area contributed by atoms with Gasteiger partial charge >= 0.3 is 5.76 Å². The van der Waals surface area contributed by atoms with Gasteiger partial charge in [-0.15, -0.1) is 0 Å². The Morgan fingerprint density at radius 2 is 2.00 bits per heavy atom. The van der Waals surface area contributed by atoms with Crippen LogP contribution in [0.5, 0.6) is 0 Å². The molecule has 0 amide bonds. The first-order valence-electron chi connectivity index (χ1n) is 7.95. The molecular weight excluding hydrogens is 336 g/mol. The Bertz CT molecular complexity index is 1270. The summed E-state index contributed by atoms with van der Waals surface area (Å²) in [5, 5.41) is 0. The Morgan fingerprint density at radius 1 is 1.19 bits per heavy atom. The monoisotopic (exact) mass is 350 g/mol. The van der Waals surface area contributed by atoms with Gasteiger partial charge in [0.15, 0.2) is 5.58 Å². The van der Waals surface area contributed by atoms with Crippen LogP contribution in [-0.4, -0.2) is 20.4 Å². The van der Waals surface area contributed by atoms with Crippen LogP contribution in [0, 0.1) is 0 Å². The number of H-pyrrole nitrogens is 1. The van der Waals surface area contributed by atoms with Crippen molar-refractivity contribution in [1.29, 1.82) is 0 Å². The van der Waals surface area contributed by atoms with Gasteiger partial charge in [0, 0.05) is 24.6 Å². The molecule has 0 aliphatic carbocycles. The average molecular weight is 350 g/mol. The molecule has 4 aromatic rings. The number of hydrogen-bond donors (Lipinski definition) is 2. The average Bonchev–Trinajstić information content (AvgIpc) is 2.94. The van der Waals surface area contributed by atoms with Gasteiger partial charge in [0.2, 0.25) is 5.91 Å². The van der Waals surface area contributed by atoms with Crippen LogP contribution in [0.1, 0.15) is 16.9 Å². The van der Waals surface area contributed by atoms with Gasteiger partial charge in [-0.05, 0) is 24.3 Å². The lowest BCUT2D eigenvalue weighted by Gasteiger charge is -2.03. The van der Waals surface area contributed by atoms with Crippen LogP contribution >= 0.6 is 0 Å². The van der Waals surface area contributed by atoms with Crippen LogP contribution in [0.15, 0.2) is 56.5 Å². The quantitative estimate of drug-likeness (QED) is 0.542. The highest BCUT2D eigenvalue weighted by atomic mass is 16.4. The Kier molecular flexibility index (Phi) is 3.65. The zero-order valence-corrected chi connectivity index (χ0v) is 13.6. The molecule has 8 heteroatoms. The molecule has 2 aromatic heterocycles. The summed E-state index contributed by atoms with van der Waals surface area (Å²) in [6, 6.07) is 11.7. The summed E-state index contributed by atoms with van der Waals surface area (Å²) in [4.78, 5) is 43.7. The van der Waals surface area contributed by atoms with Crippen LogP contribution < -0.4 is 17.0 Å². The maximum atomic E-state index is 12.5. The van der Waals surface area contributed by atoms with Crippen molar-refractivity contribution < 1.29 is 9.21 Å². The third kappa shape index (κ3) is 2.67. The summed E-state index contributed by atoms with van der Waals surface area (Å²) in [6.45, 7) is 0. The second kappa shape index (κ2) is 5.99. The van der Waals surface area contributed by atoms with Crippen LogP contribution in [-0.2, 0) is 6.42 Å². The van der Waals surface area contributed by atoms with Gasteiger partial charge < -0.3 is 15.1 Å². The number of nitrogens with one attached hydrogen (secondary N) is 1. The number of fused-ring (bicyclic) bond motifs is 2. The number of aryl methyl sites for hydroxylation is 1. The second-order valence-corrected chi connectivity index (χ2v) is 5.85. The standard InChI is InChI=1S/C18H14N4O4/c19-10-5-7-14-15(9-10)26-18(25)22(14)16(23)8-6-13-17(24)21-12-4-2-1-3-11(12)20-13/h1-5,7,9H,6,8,19H2,(H,21,24). The normalized spacial score (nSPS) is 11.2. The molecule has 0 unspecified atom stereocenters. The molecule has 0 fully saturated rings. The van der Waals surface area contributed by atoms with Crippen LogP contribution in [0.2, 0.25) is 0 Å². The van der Waals surface area contributed by atoms with Gasteiger partial charge in [0.1, 0.15) is 5.69 Å². The van der Waals surface area contributed by atoms with Crippen molar-refractivity contribution in [2.75, 3.05) is 5.73 Å². The molecule has 0 aliphatic heterocycles. The number of hydrogen-bond acceptors (Lipinski definition) is 6. The molecule has 0 radical (unpaired) electrons. The number of anilines is 1. The number of aromatic nitrogens is 3. The van der Waals surface area contributed by atoms with E-state index >= 15 is 0 Å². The molecule has 4 rings (SSSR count). The van der Waals surface area contributed by atoms with E-state index in [1.165, 1.54) is 6.07 Å². The van der Waals surface area contributed by atoms with E-state index in [1.54, 1.807) is 30.3 Å². The first kappa shape index (κ1) is 15.8. The lowest BCUT2D eigenvalue weighted by atomic mass is 10.2. The molecule has 2 aromatic carbocycles. The minimum atomic E-state index is -0.781. The fourth-order valence-electron chi connectivity index (χ4n) is 2.85. The van der Waals surface area contributed by atoms with Crippen molar-refractivity contribution in [3.8, 4) is 0 Å². The maximum absolute atomic E-state index is 12.5. The highest BCUT2D eigenvalue weighted by molar-refractivity contribution is 5.90. The largest absolute Gasteiger partial charge is 0.426 e. The van der Waals surface area contributed by atoms with Crippen molar-refractivity contribution in [1.82, 2.24) is 14.5 Å². The summed E-state index contributed by atoms with van der Waals surface area (Å²) < 4.78 is 6.01. The Hall–Kier alpha value is -3.68. The van der Waals surface area contributed by atoms with Gasteiger partial charge in [-0.3, -0.25) is 9.59 Å². The first-order valence-corrected chi connectivity index (χ1v) is 7.95. The number of carbonyl (C=O) groups is 1. The maximum Gasteiger partial charge on any atom is 0.426 e. The molecule has 3 N–H and O–H groups in total. The summed E-state index contributed by atoms with van der Waals surface area (Å²) in [7, 11) is 0. The van der Waals surface area contributed by atoms with Crippen LogP contribution in [0.25, 0.3) is 22.1 Å². The molecule has 0 spiro atoms. The van der Waals surface area contributed by atoms with Crippen molar-refractivity contribution in [3.05, 3.63) is 69.1 Å². The molecule has 0 saturated heterocycles. The Labute approximate surface area is 145 Å². The number of carbonyl (C=O) groups excluding carboxylic acids is 1. The van der Waals surface area contributed by atoms with Gasteiger partial charge in [-0.2, -0.15) is 0 Å². The molecule has 130 valence electrons. The SMILES string of the molecule is Nc1ccc2c(c1)oc(=O)n2C(=O)CCc1nc2ccccc2[nH]c1=O. The summed E-state index contributed by atoms with van der Waals surface area (Å²) in [5.41, 5.74) is 7.81. The van der Waals surface area contributed by atoms with E-state index in [2.05, 4.69) is 9.97 Å². The minimum absolute atomic E-state index is 0.0622. The van der Waals surface area contributed by atoms with E-state index < -0.39 is 11.7 Å². The number of nitrogens with two attached hydrogens (primary N) is 1. The third-order valence-corrected chi connectivity index (χ3v) is 4.10. The predicted octanol–water partition coefficient (Wildman–Crippen LogP) is 1.69. The topological polar surface area (TPSA) is 124 Å². The van der Waals surface area contributed by atoms with Gasteiger partial charge in [0.25, 0.3) is 5.56 Å². The van der Waals surface area contributed by atoms with Crippen molar-refractivity contribution in [2.45, 2.75) is 12.8 Å². The molecular formula is C18H14N4O4. The van der Waals surface area contributed by atoms with Gasteiger partial charge in [-0.1, -0.05) is 12.1 Å². The summed E-state index contributed by atoms with van der Waals surface area (Å²) in [6.07, 6.45) is 0.0421. The first-order chi connectivity index (χ1) is 12.5. The molecule has 0 atom stereocenters. The minimum Gasteiger partial charge on any atom is -0.407 e. The summed E-state index contributed by atoms with van der Waals surface area (Å²) in [5.74, 6) is -1.26. The number of para-hydroxylation sites is 2. The third-order valence-electron chi connectivity index (χ3n) is 4.10. The highest BCUT2D eigenvalue weighted by Crippen LogP contribution is 2.17. The lowest BCUT2D eigenvalue weighted by molar-refractivity contribution is 0.0899. The molecule has 26 heavy (non-hydrogen) atoms. The second-order valence-electron chi connectivity index (χ2n) is 5.85. The van der Waals surface area contributed by atoms with E-state index in [0.717, 1.165) is 4.57 Å². The Morgan fingerprint density at radius 3 is 2.85 bits per heavy atom. The van der Waals surface area contributed by atoms with Crippen molar-refractivity contribution in [2.24, 2.45) is 0 Å². The van der Waals surface area contributed by atoms with E-state index in [9.17, 15) is 14.4 Å². The number of aromatic amines is 1. The van der Waals surface area contributed by atoms with Crippen molar-refractivity contribution >= 4 is 33.7 Å². The lowest BCUT2D eigenvalue weighted by Crippen LogP contribution is -2.24. The smallest absolute Gasteiger partial charge is 0.407 e. The Balaban J connectivity index is 1.64. The fourth-order valence-corrected chi connectivity index (χ4v) is 2.85. The number of oxazole rings is 1. The number of benzene rings is 2. The van der Waals surface area contributed by atoms with Gasteiger partial charge in [-0.25, -0.2) is 14.3 Å². The van der Waals surface area contributed by atoms with Crippen LogP contribution in [0.4, 0.5) is 5.69 Å². The highest BCUT2D eigenvalue weighted by Gasteiger charge is 2.17. The van der Waals surface area contributed by atoms with Crippen molar-refractivity contribution in [3.63, 3.8) is 0 Å². The zero-order chi connectivity index (χ0) is 18.3. The molecule has 0 saturated carbocycles. The molecule has 0 aliphatic rings. The number of rotatable bonds is 3. The van der Waals surface area contributed by atoms with E-state index in [4.69, 9.17) is 10.2 Å². The number of nitrogens with zero attached hydrogens (tertiary/aromatic N) is 2. The van der Waals surface area contributed by atoms with E-state index in [0.29, 0.717) is 22.2 Å². The summed E-state index contributed by atoms with van der Waals surface area (Å²) >= 11 is 0. The zero-order valence-electron chi connectivity index (χ0n) is 13.6. The van der Waals surface area contributed by atoms with Gasteiger partial charge in [0.05, 0.1) is 16.6 Å². The van der Waals surface area contributed by atoms with E-state index in [1.807, 2.05) is 6.07 Å². The molecule has 0 bridgehead atoms. The van der Waals surface area contributed by atoms with E-state index in [-0.39, 0.29) is 29.7 Å². The predicted molar refractivity (Wildman–Crippen MR) is 96.2 cm³/mol. The fraction of sp³-hybridized carbons (Fsp3) is 0.111. The molecule has 8 nitrogen and oxygen atoms in total. The number of nitrogen functional groups attached to an aromatic ring is 1. The van der Waals surface area contributed by atoms with Crippen LogP contribution in [0.3, 0.4) is 0 Å².